The van der Waals surface area contributed by atoms with Gasteiger partial charge in [-0.15, -0.1) is 11.3 Å². The molecule has 6 heteroatoms. The number of carbonyl (C=O) groups is 1. The van der Waals surface area contributed by atoms with E-state index >= 15 is 0 Å². The van der Waals surface area contributed by atoms with Crippen molar-refractivity contribution in [3.8, 4) is 0 Å². The Bertz CT molecular complexity index is 534. The van der Waals surface area contributed by atoms with Crippen molar-refractivity contribution in [3.05, 3.63) is 16.1 Å². The Kier molecular flexibility index (Phi) is 6.25. The molecule has 2 heterocycles. The predicted octanol–water partition coefficient (Wildman–Crippen LogP) is 2.54. The lowest BCUT2D eigenvalue weighted by molar-refractivity contribution is -0.140. The van der Waals surface area contributed by atoms with Gasteiger partial charge in [0.1, 0.15) is 5.54 Å². The van der Waals surface area contributed by atoms with Crippen LogP contribution in [0.5, 0.6) is 0 Å². The predicted molar refractivity (Wildman–Crippen MR) is 96.4 cm³/mol. The van der Waals surface area contributed by atoms with Gasteiger partial charge in [-0.25, -0.2) is 4.98 Å². The monoisotopic (exact) mass is 351 g/mol. The Hall–Kier alpha value is -0.980. The molecule has 5 nitrogen and oxygen atoms in total. The summed E-state index contributed by atoms with van der Waals surface area (Å²) < 4.78 is 5.49. The van der Waals surface area contributed by atoms with Gasteiger partial charge in [0.05, 0.1) is 18.2 Å². The molecular weight excluding hydrogens is 322 g/mol. The zero-order chi connectivity index (χ0) is 16.8. The first kappa shape index (κ1) is 17.8. The number of rotatable bonds is 6. The van der Waals surface area contributed by atoms with E-state index in [1.54, 1.807) is 11.3 Å². The number of morpholine rings is 1. The molecule has 3 rings (SSSR count). The average Bonchev–Trinajstić information content (AvgIpc) is 3.05. The van der Waals surface area contributed by atoms with Crippen LogP contribution in [0.2, 0.25) is 0 Å². The average molecular weight is 352 g/mol. The summed E-state index contributed by atoms with van der Waals surface area (Å²) >= 11 is 1.71. The van der Waals surface area contributed by atoms with E-state index in [1.165, 1.54) is 11.4 Å². The summed E-state index contributed by atoms with van der Waals surface area (Å²) in [4.78, 5) is 19.9. The Balaban J connectivity index is 1.53. The van der Waals surface area contributed by atoms with Crippen LogP contribution in [0.15, 0.2) is 5.38 Å². The van der Waals surface area contributed by atoms with Crippen LogP contribution >= 0.6 is 11.3 Å². The van der Waals surface area contributed by atoms with Gasteiger partial charge >= 0.3 is 0 Å². The fourth-order valence-corrected chi connectivity index (χ4v) is 4.76. The highest BCUT2D eigenvalue weighted by molar-refractivity contribution is 7.09. The third-order valence-electron chi connectivity index (χ3n) is 5.24. The van der Waals surface area contributed by atoms with Crippen molar-refractivity contribution in [2.24, 2.45) is 0 Å². The summed E-state index contributed by atoms with van der Waals surface area (Å²) in [7, 11) is 0. The minimum atomic E-state index is -0.292. The lowest BCUT2D eigenvalue weighted by Gasteiger charge is -2.46. The number of hydrogen-bond acceptors (Lipinski definition) is 5. The molecule has 0 bridgehead atoms. The van der Waals surface area contributed by atoms with Crippen molar-refractivity contribution >= 4 is 17.2 Å². The molecule has 1 amide bonds. The minimum absolute atomic E-state index is 0.236. The molecule has 0 radical (unpaired) electrons. The van der Waals surface area contributed by atoms with E-state index in [2.05, 4.69) is 20.6 Å². The minimum Gasteiger partial charge on any atom is -0.379 e. The van der Waals surface area contributed by atoms with Crippen LogP contribution in [0.25, 0.3) is 0 Å². The SMILES string of the molecule is Cc1csc(CCCNC(=O)C2(N3CCOCC3)CCCCC2)n1. The molecule has 1 aromatic rings. The molecule has 1 aromatic heterocycles. The fraction of sp³-hybridized carbons (Fsp3) is 0.778. The van der Waals surface area contributed by atoms with Crippen LogP contribution in [0.4, 0.5) is 0 Å². The van der Waals surface area contributed by atoms with Crippen LogP contribution in [0.3, 0.4) is 0 Å². The van der Waals surface area contributed by atoms with Crippen LogP contribution in [-0.2, 0) is 16.0 Å². The Morgan fingerprint density at radius 2 is 2.08 bits per heavy atom. The molecule has 0 aromatic carbocycles. The molecule has 1 N–H and O–H groups in total. The molecule has 1 aliphatic carbocycles. The van der Waals surface area contributed by atoms with Gasteiger partial charge < -0.3 is 10.1 Å². The number of thiazole rings is 1. The number of amides is 1. The number of carbonyl (C=O) groups excluding carboxylic acids is 1. The second-order valence-corrected chi connectivity index (χ2v) is 7.88. The largest absolute Gasteiger partial charge is 0.379 e. The first-order chi connectivity index (χ1) is 11.7. The molecule has 0 spiro atoms. The molecular formula is C18H29N3O2S. The van der Waals surface area contributed by atoms with Crippen molar-refractivity contribution in [1.82, 2.24) is 15.2 Å². The van der Waals surface area contributed by atoms with Crippen LogP contribution in [0, 0.1) is 6.92 Å². The van der Waals surface area contributed by atoms with Gasteiger partial charge in [0, 0.05) is 37.1 Å². The van der Waals surface area contributed by atoms with Crippen molar-refractivity contribution in [1.29, 1.82) is 0 Å². The lowest BCUT2D eigenvalue weighted by Crippen LogP contribution is -2.62. The van der Waals surface area contributed by atoms with Crippen molar-refractivity contribution < 1.29 is 9.53 Å². The maximum atomic E-state index is 13.0. The molecule has 1 saturated carbocycles. The summed E-state index contributed by atoms with van der Waals surface area (Å²) in [6.45, 7) is 6.02. The van der Waals surface area contributed by atoms with E-state index in [1.807, 2.05) is 6.92 Å². The quantitative estimate of drug-likeness (QED) is 0.800. The lowest BCUT2D eigenvalue weighted by atomic mass is 9.79. The van der Waals surface area contributed by atoms with Crippen LogP contribution in [0.1, 0.15) is 49.2 Å². The summed E-state index contributed by atoms with van der Waals surface area (Å²) in [5.74, 6) is 0.236. The van der Waals surface area contributed by atoms with E-state index < -0.39 is 0 Å². The number of aryl methyl sites for hydroxylation is 2. The maximum Gasteiger partial charge on any atom is 0.240 e. The van der Waals surface area contributed by atoms with E-state index in [-0.39, 0.29) is 11.4 Å². The molecule has 1 aliphatic heterocycles. The molecule has 1 saturated heterocycles. The highest BCUT2D eigenvalue weighted by Crippen LogP contribution is 2.34. The fourth-order valence-electron chi connectivity index (χ4n) is 3.94. The van der Waals surface area contributed by atoms with Gasteiger partial charge in [0.15, 0.2) is 0 Å². The smallest absolute Gasteiger partial charge is 0.240 e. The zero-order valence-electron chi connectivity index (χ0n) is 14.7. The molecule has 134 valence electrons. The van der Waals surface area contributed by atoms with Gasteiger partial charge in [-0.2, -0.15) is 0 Å². The second-order valence-electron chi connectivity index (χ2n) is 6.93. The Morgan fingerprint density at radius 3 is 2.75 bits per heavy atom. The first-order valence-corrected chi connectivity index (χ1v) is 10.1. The van der Waals surface area contributed by atoms with Gasteiger partial charge in [0.2, 0.25) is 5.91 Å². The highest BCUT2D eigenvalue weighted by atomic mass is 32.1. The summed E-state index contributed by atoms with van der Waals surface area (Å²) in [5, 5.41) is 6.48. The first-order valence-electron chi connectivity index (χ1n) is 9.23. The van der Waals surface area contributed by atoms with Crippen molar-refractivity contribution in [2.45, 2.75) is 57.4 Å². The van der Waals surface area contributed by atoms with Crippen LogP contribution < -0.4 is 5.32 Å². The Labute approximate surface area is 148 Å². The van der Waals surface area contributed by atoms with Gasteiger partial charge in [0.25, 0.3) is 0 Å². The van der Waals surface area contributed by atoms with E-state index in [4.69, 9.17) is 4.74 Å². The zero-order valence-corrected chi connectivity index (χ0v) is 15.5. The summed E-state index contributed by atoms with van der Waals surface area (Å²) in [5.41, 5.74) is 0.798. The molecule has 2 aliphatic rings. The van der Waals surface area contributed by atoms with E-state index in [9.17, 15) is 4.79 Å². The standard InChI is InChI=1S/C18H29N3O2S/c1-15-14-24-16(20-15)6-5-9-19-17(22)18(7-3-2-4-8-18)21-10-12-23-13-11-21/h14H,2-13H2,1H3,(H,19,22). The normalized spacial score (nSPS) is 21.5. The van der Waals surface area contributed by atoms with Crippen molar-refractivity contribution in [3.63, 3.8) is 0 Å². The highest BCUT2D eigenvalue weighted by Gasteiger charge is 2.44. The number of hydrogen-bond donors (Lipinski definition) is 1. The number of nitrogens with zero attached hydrogens (tertiary/aromatic N) is 2. The topological polar surface area (TPSA) is 54.5 Å². The van der Waals surface area contributed by atoms with Gasteiger partial charge in [-0.3, -0.25) is 9.69 Å². The molecule has 0 unspecified atom stereocenters. The Morgan fingerprint density at radius 1 is 1.33 bits per heavy atom. The van der Waals surface area contributed by atoms with E-state index in [0.717, 1.165) is 77.1 Å². The summed E-state index contributed by atoms with van der Waals surface area (Å²) in [6, 6.07) is 0. The summed E-state index contributed by atoms with van der Waals surface area (Å²) in [6.07, 6.45) is 7.45. The molecule has 2 fully saturated rings. The number of nitrogens with one attached hydrogen (secondary N) is 1. The third-order valence-corrected chi connectivity index (χ3v) is 6.27. The number of ether oxygens (including phenoxy) is 1. The van der Waals surface area contributed by atoms with Crippen molar-refractivity contribution in [2.75, 3.05) is 32.8 Å². The van der Waals surface area contributed by atoms with Crippen LogP contribution in [-0.4, -0.2) is 54.2 Å². The third kappa shape index (κ3) is 4.16. The maximum absolute atomic E-state index is 13.0. The molecule has 24 heavy (non-hydrogen) atoms. The van der Waals surface area contributed by atoms with E-state index in [0.29, 0.717) is 0 Å². The number of aromatic nitrogens is 1. The van der Waals surface area contributed by atoms with Gasteiger partial charge in [-0.05, 0) is 26.2 Å². The van der Waals surface area contributed by atoms with Gasteiger partial charge in [-0.1, -0.05) is 19.3 Å². The molecule has 0 atom stereocenters. The second kappa shape index (κ2) is 8.41.